The first kappa shape index (κ1) is 21.8. The number of hydrogen-bond acceptors (Lipinski definition) is 4. The van der Waals surface area contributed by atoms with E-state index in [4.69, 9.17) is 0 Å². The minimum absolute atomic E-state index is 0.0191. The summed E-state index contributed by atoms with van der Waals surface area (Å²) in [6, 6.07) is 16.1. The van der Waals surface area contributed by atoms with E-state index < -0.39 is 0 Å². The van der Waals surface area contributed by atoms with Crippen LogP contribution < -0.4 is 10.6 Å². The molecule has 0 aliphatic rings. The number of hydrogen-bond donors (Lipinski definition) is 2. The number of pyridine rings is 1. The summed E-state index contributed by atoms with van der Waals surface area (Å²) in [6.45, 7) is 3.75. The van der Waals surface area contributed by atoms with E-state index in [-0.39, 0.29) is 12.5 Å². The molecule has 2 N–H and O–H groups in total. The Labute approximate surface area is 171 Å². The maximum Gasteiger partial charge on any atom is 0.241 e. The SMILES string of the molecule is CN=C(NCC(=O)N(C)CCc1ccccn1)NCC(C)Sc1ccccc1. The molecule has 0 saturated carbocycles. The number of guanidine groups is 1. The fourth-order valence-electron chi connectivity index (χ4n) is 2.48. The van der Waals surface area contributed by atoms with Crippen molar-refractivity contribution in [3.05, 3.63) is 60.4 Å². The van der Waals surface area contributed by atoms with Crippen LogP contribution in [0.3, 0.4) is 0 Å². The molecule has 0 aliphatic carbocycles. The van der Waals surface area contributed by atoms with E-state index in [9.17, 15) is 4.79 Å². The summed E-state index contributed by atoms with van der Waals surface area (Å²) >= 11 is 1.80. The molecule has 1 heterocycles. The lowest BCUT2D eigenvalue weighted by atomic mass is 10.2. The van der Waals surface area contributed by atoms with Crippen molar-refractivity contribution >= 4 is 23.6 Å². The van der Waals surface area contributed by atoms with Gasteiger partial charge in [-0.2, -0.15) is 0 Å². The van der Waals surface area contributed by atoms with Crippen molar-refractivity contribution in [2.75, 3.05) is 33.7 Å². The third-order valence-electron chi connectivity index (χ3n) is 4.12. The molecule has 1 aromatic heterocycles. The van der Waals surface area contributed by atoms with Gasteiger partial charge in [0.1, 0.15) is 0 Å². The molecule has 2 rings (SSSR count). The molecule has 0 fully saturated rings. The number of rotatable bonds is 9. The highest BCUT2D eigenvalue weighted by Gasteiger charge is 2.11. The molecule has 0 aliphatic heterocycles. The normalized spacial score (nSPS) is 12.3. The number of aliphatic imine (C=N–C) groups is 1. The third-order valence-corrected chi connectivity index (χ3v) is 5.24. The van der Waals surface area contributed by atoms with Gasteiger partial charge in [0.25, 0.3) is 0 Å². The van der Waals surface area contributed by atoms with Crippen LogP contribution in [0.4, 0.5) is 0 Å². The van der Waals surface area contributed by atoms with Crippen molar-refractivity contribution in [2.45, 2.75) is 23.5 Å². The van der Waals surface area contributed by atoms with Gasteiger partial charge < -0.3 is 15.5 Å². The summed E-state index contributed by atoms with van der Waals surface area (Å²) in [5, 5.41) is 6.74. The maximum atomic E-state index is 12.3. The Kier molecular flexibility index (Phi) is 9.34. The Hall–Kier alpha value is -2.54. The number of amides is 1. The van der Waals surface area contributed by atoms with E-state index in [0.717, 1.165) is 18.7 Å². The third kappa shape index (κ3) is 8.00. The molecular formula is C21H29N5OS. The van der Waals surface area contributed by atoms with Crippen LogP contribution >= 0.6 is 11.8 Å². The van der Waals surface area contributed by atoms with E-state index in [2.05, 4.69) is 39.7 Å². The second-order valence-electron chi connectivity index (χ2n) is 6.43. The lowest BCUT2D eigenvalue weighted by Crippen LogP contribution is -2.45. The van der Waals surface area contributed by atoms with Gasteiger partial charge in [-0.15, -0.1) is 11.8 Å². The highest BCUT2D eigenvalue weighted by Crippen LogP contribution is 2.21. The first-order valence-electron chi connectivity index (χ1n) is 9.38. The van der Waals surface area contributed by atoms with E-state index in [1.54, 1.807) is 29.9 Å². The monoisotopic (exact) mass is 399 g/mol. The molecule has 150 valence electrons. The van der Waals surface area contributed by atoms with Crippen LogP contribution in [0, 0.1) is 0 Å². The first-order chi connectivity index (χ1) is 13.6. The Morgan fingerprint density at radius 2 is 1.93 bits per heavy atom. The van der Waals surface area contributed by atoms with E-state index in [0.29, 0.717) is 17.8 Å². The highest BCUT2D eigenvalue weighted by atomic mass is 32.2. The van der Waals surface area contributed by atoms with Crippen LogP contribution in [0.15, 0.2) is 64.6 Å². The average molecular weight is 400 g/mol. The van der Waals surface area contributed by atoms with Gasteiger partial charge >= 0.3 is 0 Å². The molecule has 1 atom stereocenters. The molecule has 0 radical (unpaired) electrons. The van der Waals surface area contributed by atoms with Crippen molar-refractivity contribution in [3.63, 3.8) is 0 Å². The Balaban J connectivity index is 1.68. The molecular weight excluding hydrogens is 370 g/mol. The number of likely N-dealkylation sites (N-methyl/N-ethyl adjacent to an activating group) is 1. The van der Waals surface area contributed by atoms with Crippen molar-refractivity contribution in [2.24, 2.45) is 4.99 Å². The number of aromatic nitrogens is 1. The number of carbonyl (C=O) groups is 1. The fraction of sp³-hybridized carbons (Fsp3) is 0.381. The number of nitrogens with one attached hydrogen (secondary N) is 2. The number of carbonyl (C=O) groups excluding carboxylic acids is 1. The number of nitrogens with zero attached hydrogens (tertiary/aromatic N) is 3. The molecule has 1 unspecified atom stereocenters. The van der Waals surface area contributed by atoms with Crippen LogP contribution in [0.25, 0.3) is 0 Å². The van der Waals surface area contributed by atoms with Gasteiger partial charge in [-0.05, 0) is 24.3 Å². The summed E-state index contributed by atoms with van der Waals surface area (Å²) in [5.41, 5.74) is 0.984. The zero-order valence-electron chi connectivity index (χ0n) is 16.8. The molecule has 0 bridgehead atoms. The fourth-order valence-corrected chi connectivity index (χ4v) is 3.43. The summed E-state index contributed by atoms with van der Waals surface area (Å²) in [7, 11) is 3.52. The largest absolute Gasteiger partial charge is 0.355 e. The summed E-state index contributed by atoms with van der Waals surface area (Å²) in [4.78, 5) is 23.8. The van der Waals surface area contributed by atoms with Crippen molar-refractivity contribution in [1.82, 2.24) is 20.5 Å². The number of benzene rings is 1. The topological polar surface area (TPSA) is 69.6 Å². The molecule has 7 heteroatoms. The van der Waals surface area contributed by atoms with E-state index >= 15 is 0 Å². The molecule has 6 nitrogen and oxygen atoms in total. The van der Waals surface area contributed by atoms with Gasteiger partial charge in [0.2, 0.25) is 5.91 Å². The lowest BCUT2D eigenvalue weighted by Gasteiger charge is -2.19. The van der Waals surface area contributed by atoms with Gasteiger partial charge in [0, 0.05) is 55.6 Å². The molecule has 1 amide bonds. The first-order valence-corrected chi connectivity index (χ1v) is 10.3. The van der Waals surface area contributed by atoms with Gasteiger partial charge in [0.05, 0.1) is 6.54 Å². The second kappa shape index (κ2) is 12.0. The summed E-state index contributed by atoms with van der Waals surface area (Å²) < 4.78 is 0. The van der Waals surface area contributed by atoms with Gasteiger partial charge in [-0.25, -0.2) is 0 Å². The zero-order valence-corrected chi connectivity index (χ0v) is 17.6. The summed E-state index contributed by atoms with van der Waals surface area (Å²) in [6.07, 6.45) is 2.51. The molecule has 0 saturated heterocycles. The lowest BCUT2D eigenvalue weighted by molar-refractivity contribution is -0.128. The van der Waals surface area contributed by atoms with Crippen LogP contribution in [-0.4, -0.2) is 60.7 Å². The van der Waals surface area contributed by atoms with Gasteiger partial charge in [-0.1, -0.05) is 31.2 Å². The number of thioether (sulfide) groups is 1. The smallest absolute Gasteiger partial charge is 0.241 e. The highest BCUT2D eigenvalue weighted by molar-refractivity contribution is 8.00. The van der Waals surface area contributed by atoms with Crippen molar-refractivity contribution in [3.8, 4) is 0 Å². The van der Waals surface area contributed by atoms with E-state index in [1.807, 2.05) is 43.4 Å². The summed E-state index contributed by atoms with van der Waals surface area (Å²) in [5.74, 6) is 0.651. The maximum absolute atomic E-state index is 12.3. The van der Waals surface area contributed by atoms with Gasteiger partial charge in [0.15, 0.2) is 5.96 Å². The minimum atomic E-state index is 0.0191. The molecule has 2 aromatic rings. The van der Waals surface area contributed by atoms with E-state index in [1.165, 1.54) is 4.90 Å². The van der Waals surface area contributed by atoms with Crippen molar-refractivity contribution in [1.29, 1.82) is 0 Å². The predicted octanol–water partition coefficient (Wildman–Crippen LogP) is 2.43. The van der Waals surface area contributed by atoms with Gasteiger partial charge in [-0.3, -0.25) is 14.8 Å². The second-order valence-corrected chi connectivity index (χ2v) is 7.95. The molecule has 1 aromatic carbocycles. The quantitative estimate of drug-likeness (QED) is 0.385. The zero-order chi connectivity index (χ0) is 20.2. The van der Waals surface area contributed by atoms with Crippen LogP contribution in [-0.2, 0) is 11.2 Å². The van der Waals surface area contributed by atoms with Crippen LogP contribution in [0.5, 0.6) is 0 Å². The van der Waals surface area contributed by atoms with Crippen LogP contribution in [0.1, 0.15) is 12.6 Å². The molecule has 28 heavy (non-hydrogen) atoms. The standard InChI is InChI=1S/C21H29N5OS/c1-17(28-19-10-5-4-6-11-19)15-24-21(22-2)25-16-20(27)26(3)14-12-18-9-7-8-13-23-18/h4-11,13,17H,12,14-16H2,1-3H3,(H2,22,24,25). The predicted molar refractivity (Wildman–Crippen MR) is 117 cm³/mol. The Morgan fingerprint density at radius 3 is 2.61 bits per heavy atom. The van der Waals surface area contributed by atoms with Crippen LogP contribution in [0.2, 0.25) is 0 Å². The van der Waals surface area contributed by atoms with Crippen molar-refractivity contribution < 1.29 is 4.79 Å². The minimum Gasteiger partial charge on any atom is -0.355 e. The Morgan fingerprint density at radius 1 is 1.18 bits per heavy atom. The average Bonchev–Trinajstić information content (AvgIpc) is 2.73. The Bertz CT molecular complexity index is 739. The molecule has 0 spiro atoms.